The molecule has 3 N–H and O–H groups in total. The third kappa shape index (κ3) is 2.02. The summed E-state index contributed by atoms with van der Waals surface area (Å²) in [7, 11) is 1.96. The minimum Gasteiger partial charge on any atom is -0.371 e. The second-order valence-electron chi connectivity index (χ2n) is 7.56. The van der Waals surface area contributed by atoms with Crippen LogP contribution in [0.5, 0.6) is 0 Å². The van der Waals surface area contributed by atoms with Crippen molar-refractivity contribution in [3.8, 4) is 0 Å². The molecule has 2 aliphatic heterocycles. The van der Waals surface area contributed by atoms with Gasteiger partial charge in [-0.25, -0.2) is 0 Å². The fraction of sp³-hybridized carbons (Fsp3) is 0.333. The minimum atomic E-state index is -0.681. The predicted octanol–water partition coefficient (Wildman–Crippen LogP) is 3.87. The average Bonchev–Trinajstić information content (AvgIpc) is 3.04. The summed E-state index contributed by atoms with van der Waals surface area (Å²) in [6.07, 6.45) is 1.35. The maximum Gasteiger partial charge on any atom is 0.155 e. The Hall–Kier alpha value is -1.82. The lowest BCUT2D eigenvalue weighted by Crippen LogP contribution is -2.56. The van der Waals surface area contributed by atoms with E-state index in [0.717, 1.165) is 39.8 Å². The monoisotopic (exact) mass is 411 g/mol. The number of nitrogens with one attached hydrogen (secondary N) is 2. The number of aromatic nitrogens is 1. The molecule has 1 aromatic heterocycles. The van der Waals surface area contributed by atoms with Gasteiger partial charge < -0.3 is 15.0 Å². The maximum absolute atomic E-state index is 11.4. The van der Waals surface area contributed by atoms with Crippen molar-refractivity contribution in [2.75, 3.05) is 11.9 Å². The topological polar surface area (TPSA) is 51.3 Å². The minimum absolute atomic E-state index is 0.294. The van der Waals surface area contributed by atoms with Crippen LogP contribution >= 0.6 is 15.9 Å². The van der Waals surface area contributed by atoms with Gasteiger partial charge in [-0.2, -0.15) is 0 Å². The highest BCUT2D eigenvalue weighted by Gasteiger charge is 2.54. The van der Waals surface area contributed by atoms with E-state index < -0.39 is 11.8 Å². The molecule has 0 saturated heterocycles. The normalized spacial score (nSPS) is 27.6. The lowest BCUT2D eigenvalue weighted by molar-refractivity contribution is 0.0875. The van der Waals surface area contributed by atoms with E-state index in [0.29, 0.717) is 6.04 Å². The number of hydrogen-bond acceptors (Lipinski definition) is 3. The number of aliphatic hydroxyl groups is 1. The lowest BCUT2D eigenvalue weighted by Gasteiger charge is -2.37. The molecule has 0 aliphatic carbocycles. The lowest BCUT2D eigenvalue weighted by atomic mass is 9.84. The number of aromatic amines is 1. The molecule has 1 spiro atoms. The first-order valence-corrected chi connectivity index (χ1v) is 9.90. The number of fused-ring (bicyclic) bond motifs is 6. The molecule has 134 valence electrons. The first-order valence-electron chi connectivity index (χ1n) is 9.11. The third-order valence-corrected chi connectivity index (χ3v) is 6.52. The van der Waals surface area contributed by atoms with Gasteiger partial charge in [0.15, 0.2) is 6.23 Å². The molecule has 0 amide bonds. The van der Waals surface area contributed by atoms with E-state index in [-0.39, 0.29) is 0 Å². The van der Waals surface area contributed by atoms with Crippen LogP contribution in [0.1, 0.15) is 30.2 Å². The fourth-order valence-electron chi connectivity index (χ4n) is 4.80. The largest absolute Gasteiger partial charge is 0.371 e. The average molecular weight is 412 g/mol. The molecule has 5 rings (SSSR count). The van der Waals surface area contributed by atoms with Crippen molar-refractivity contribution in [2.24, 2.45) is 0 Å². The zero-order valence-electron chi connectivity index (χ0n) is 14.9. The summed E-state index contributed by atoms with van der Waals surface area (Å²) in [6.45, 7) is 2.21. The molecule has 0 bridgehead atoms. The molecule has 0 fully saturated rings. The maximum atomic E-state index is 11.4. The van der Waals surface area contributed by atoms with Crippen LogP contribution in [0.4, 0.5) is 5.69 Å². The number of benzene rings is 2. The van der Waals surface area contributed by atoms with Gasteiger partial charge in [-0.15, -0.1) is 0 Å². The second kappa shape index (κ2) is 5.59. The zero-order chi connectivity index (χ0) is 18.1. The number of rotatable bonds is 0. The van der Waals surface area contributed by atoms with Crippen molar-refractivity contribution in [1.29, 1.82) is 0 Å². The first kappa shape index (κ1) is 16.4. The Kier molecular flexibility index (Phi) is 3.52. The molecule has 3 heterocycles. The van der Waals surface area contributed by atoms with Crippen molar-refractivity contribution in [3.63, 3.8) is 0 Å². The number of nitrogens with zero attached hydrogens (tertiary/aromatic N) is 1. The van der Waals surface area contributed by atoms with E-state index in [2.05, 4.69) is 69.6 Å². The van der Waals surface area contributed by atoms with Gasteiger partial charge in [0.1, 0.15) is 5.54 Å². The number of likely N-dealkylation sites (N-methyl/N-ethyl adjacent to an activating group) is 1. The third-order valence-electron chi connectivity index (χ3n) is 6.03. The van der Waals surface area contributed by atoms with Crippen LogP contribution in [-0.4, -0.2) is 29.4 Å². The van der Waals surface area contributed by atoms with E-state index >= 15 is 0 Å². The van der Waals surface area contributed by atoms with Gasteiger partial charge in [0, 0.05) is 45.4 Å². The Bertz CT molecular complexity index is 1010. The Morgan fingerprint density at radius 1 is 1.23 bits per heavy atom. The van der Waals surface area contributed by atoms with E-state index in [1.54, 1.807) is 0 Å². The molecule has 2 aromatic carbocycles. The first-order chi connectivity index (χ1) is 12.5. The van der Waals surface area contributed by atoms with Crippen LogP contribution < -0.4 is 10.2 Å². The standard InChI is InChI=1S/C21H22BrN3O/c1-12-7-9-15-14-5-3-4-6-17(14)23-19(15)21(24-12)16-11-13(22)8-10-18(16)25(2)20(21)26/h3-6,8,10-12,20,23-24,26H,7,9H2,1-2H3. The SMILES string of the molecule is CC1CCc2c([nH]c3ccccc23)C2(N1)c1cc(Br)ccc1N(C)C2O. The van der Waals surface area contributed by atoms with Crippen LogP contribution in [0.3, 0.4) is 0 Å². The van der Waals surface area contributed by atoms with Gasteiger partial charge in [0.25, 0.3) is 0 Å². The van der Waals surface area contributed by atoms with Gasteiger partial charge >= 0.3 is 0 Å². The van der Waals surface area contributed by atoms with Gasteiger partial charge in [-0.3, -0.25) is 5.32 Å². The highest BCUT2D eigenvalue weighted by atomic mass is 79.9. The molecule has 2 aliphatic rings. The molecular formula is C21H22BrN3O. The molecule has 3 unspecified atom stereocenters. The summed E-state index contributed by atoms with van der Waals surface area (Å²) in [4.78, 5) is 5.63. The number of anilines is 1. The smallest absolute Gasteiger partial charge is 0.155 e. The van der Waals surface area contributed by atoms with Crippen LogP contribution in [0.15, 0.2) is 46.9 Å². The molecule has 3 aromatic rings. The highest BCUT2D eigenvalue weighted by Crippen LogP contribution is 2.50. The number of aryl methyl sites for hydroxylation is 1. The van der Waals surface area contributed by atoms with Gasteiger partial charge in [0.05, 0.1) is 0 Å². The van der Waals surface area contributed by atoms with E-state index in [4.69, 9.17) is 0 Å². The van der Waals surface area contributed by atoms with E-state index in [9.17, 15) is 5.11 Å². The van der Waals surface area contributed by atoms with Crippen LogP contribution in [0, 0.1) is 0 Å². The summed E-state index contributed by atoms with van der Waals surface area (Å²) >= 11 is 3.63. The van der Waals surface area contributed by atoms with Gasteiger partial charge in [-0.1, -0.05) is 34.1 Å². The Balaban J connectivity index is 1.88. The van der Waals surface area contributed by atoms with Crippen LogP contribution in [0.2, 0.25) is 0 Å². The van der Waals surface area contributed by atoms with Gasteiger partial charge in [-0.05, 0) is 49.6 Å². The van der Waals surface area contributed by atoms with Crippen molar-refractivity contribution in [1.82, 2.24) is 10.3 Å². The Labute approximate surface area is 161 Å². The van der Waals surface area contributed by atoms with Crippen LogP contribution in [0.25, 0.3) is 10.9 Å². The van der Waals surface area contributed by atoms with Crippen LogP contribution in [-0.2, 0) is 12.0 Å². The van der Waals surface area contributed by atoms with Gasteiger partial charge in [0.2, 0.25) is 0 Å². The molecule has 0 radical (unpaired) electrons. The van der Waals surface area contributed by atoms with E-state index in [1.807, 2.05) is 18.0 Å². The number of hydrogen-bond donors (Lipinski definition) is 3. The Morgan fingerprint density at radius 3 is 2.88 bits per heavy atom. The van der Waals surface area contributed by atoms with E-state index in [1.165, 1.54) is 10.9 Å². The second-order valence-corrected chi connectivity index (χ2v) is 8.48. The molecule has 4 nitrogen and oxygen atoms in total. The number of para-hydroxylation sites is 1. The number of aliphatic hydroxyl groups excluding tert-OH is 1. The quantitative estimate of drug-likeness (QED) is 0.526. The summed E-state index contributed by atoms with van der Waals surface area (Å²) in [5.41, 5.74) is 5.05. The van der Waals surface area contributed by atoms with Crippen molar-refractivity contribution in [2.45, 2.75) is 37.6 Å². The zero-order valence-corrected chi connectivity index (χ0v) is 16.5. The highest BCUT2D eigenvalue weighted by molar-refractivity contribution is 9.10. The van der Waals surface area contributed by atoms with Crippen molar-refractivity contribution >= 4 is 32.5 Å². The molecular weight excluding hydrogens is 390 g/mol. The summed E-state index contributed by atoms with van der Waals surface area (Å²) < 4.78 is 1.02. The summed E-state index contributed by atoms with van der Waals surface area (Å²) in [6, 6.07) is 15.0. The molecule has 5 heteroatoms. The van der Waals surface area contributed by atoms with Crippen molar-refractivity contribution < 1.29 is 5.11 Å². The molecule has 3 atom stereocenters. The number of H-pyrrole nitrogens is 1. The summed E-state index contributed by atoms with van der Waals surface area (Å²) in [5, 5.41) is 16.5. The summed E-state index contributed by atoms with van der Waals surface area (Å²) in [5.74, 6) is 0. The molecule has 0 saturated carbocycles. The van der Waals surface area contributed by atoms with Crippen molar-refractivity contribution in [3.05, 3.63) is 63.8 Å². The predicted molar refractivity (Wildman–Crippen MR) is 109 cm³/mol. The Morgan fingerprint density at radius 2 is 2.04 bits per heavy atom. The fourth-order valence-corrected chi connectivity index (χ4v) is 5.16. The number of halogens is 1. The molecule has 26 heavy (non-hydrogen) atoms.